The summed E-state index contributed by atoms with van der Waals surface area (Å²) < 4.78 is 6.20. The number of halogens is 1. The Kier molecular flexibility index (Phi) is 3.90. The van der Waals surface area contributed by atoms with Crippen molar-refractivity contribution in [1.82, 2.24) is 10.3 Å². The molecule has 0 bridgehead atoms. The van der Waals surface area contributed by atoms with E-state index in [-0.39, 0.29) is 17.5 Å². The van der Waals surface area contributed by atoms with E-state index in [1.807, 2.05) is 0 Å². The zero-order valence-electron chi connectivity index (χ0n) is 9.06. The molecule has 1 unspecified atom stereocenters. The molecule has 1 aromatic rings. The van der Waals surface area contributed by atoms with E-state index >= 15 is 0 Å². The highest BCUT2D eigenvalue weighted by atomic mass is 79.9. The van der Waals surface area contributed by atoms with E-state index in [1.165, 1.54) is 12.4 Å². The second-order valence-corrected chi connectivity index (χ2v) is 4.67. The summed E-state index contributed by atoms with van der Waals surface area (Å²) in [7, 11) is 0. The van der Waals surface area contributed by atoms with Gasteiger partial charge in [-0.3, -0.25) is 15.1 Å². The van der Waals surface area contributed by atoms with Crippen LogP contribution in [0.5, 0.6) is 5.75 Å². The van der Waals surface area contributed by atoms with Gasteiger partial charge in [-0.15, -0.1) is 0 Å². The molecule has 0 aliphatic carbocycles. The van der Waals surface area contributed by atoms with Crippen LogP contribution in [0.4, 0.5) is 5.69 Å². The molecule has 17 heavy (non-hydrogen) atoms. The lowest BCUT2D eigenvalue weighted by atomic mass is 10.1. The largest absolute Gasteiger partial charge is 0.481 e. The Balaban J connectivity index is 2.21. The molecule has 1 aromatic heterocycles. The first-order chi connectivity index (χ1) is 8.18. The number of nitrogens with zero attached hydrogens (tertiary/aromatic N) is 2. The molecule has 0 saturated carbocycles. The molecule has 1 fully saturated rings. The van der Waals surface area contributed by atoms with Crippen LogP contribution in [-0.2, 0) is 0 Å². The Labute approximate surface area is 107 Å². The minimum Gasteiger partial charge on any atom is -0.481 e. The van der Waals surface area contributed by atoms with Crippen LogP contribution in [0.15, 0.2) is 16.9 Å². The molecule has 0 spiro atoms. The summed E-state index contributed by atoms with van der Waals surface area (Å²) in [6, 6.07) is 0. The molecule has 1 atom stereocenters. The highest BCUT2D eigenvalue weighted by Gasteiger charge is 2.23. The van der Waals surface area contributed by atoms with Crippen LogP contribution in [0.25, 0.3) is 0 Å². The standard InChI is InChI=1S/C10H12BrN3O3/c11-8-5-13-6-9(14(15)16)10(8)17-7-2-1-3-12-4-7/h5-7,12H,1-4H2. The van der Waals surface area contributed by atoms with Gasteiger partial charge in [-0.1, -0.05) is 0 Å². The summed E-state index contributed by atoms with van der Waals surface area (Å²) >= 11 is 3.23. The van der Waals surface area contributed by atoms with Gasteiger partial charge in [0.25, 0.3) is 0 Å². The zero-order valence-corrected chi connectivity index (χ0v) is 10.6. The number of aromatic nitrogens is 1. The van der Waals surface area contributed by atoms with Gasteiger partial charge in [0, 0.05) is 12.7 Å². The van der Waals surface area contributed by atoms with E-state index in [4.69, 9.17) is 4.74 Å². The van der Waals surface area contributed by atoms with Crippen molar-refractivity contribution in [3.8, 4) is 5.75 Å². The van der Waals surface area contributed by atoms with E-state index in [1.54, 1.807) is 0 Å². The SMILES string of the molecule is O=[N+]([O-])c1cncc(Br)c1OC1CCCNC1. The molecule has 1 N–H and O–H groups in total. The normalized spacial score (nSPS) is 19.9. The molecular weight excluding hydrogens is 290 g/mol. The van der Waals surface area contributed by atoms with Gasteiger partial charge in [0.05, 0.1) is 9.40 Å². The molecule has 6 nitrogen and oxygen atoms in total. The van der Waals surface area contributed by atoms with Crippen molar-refractivity contribution in [2.45, 2.75) is 18.9 Å². The quantitative estimate of drug-likeness (QED) is 0.681. The maximum atomic E-state index is 10.9. The lowest BCUT2D eigenvalue weighted by Gasteiger charge is -2.24. The minimum atomic E-state index is -0.483. The fourth-order valence-electron chi connectivity index (χ4n) is 1.75. The van der Waals surface area contributed by atoms with Gasteiger partial charge in [-0.25, -0.2) is 0 Å². The highest BCUT2D eigenvalue weighted by molar-refractivity contribution is 9.10. The molecule has 1 aliphatic heterocycles. The first-order valence-electron chi connectivity index (χ1n) is 5.33. The number of nitrogens with one attached hydrogen (secondary N) is 1. The van der Waals surface area contributed by atoms with Gasteiger partial charge >= 0.3 is 5.69 Å². The topological polar surface area (TPSA) is 77.3 Å². The van der Waals surface area contributed by atoms with Crippen LogP contribution in [0.3, 0.4) is 0 Å². The highest BCUT2D eigenvalue weighted by Crippen LogP contribution is 2.34. The third kappa shape index (κ3) is 2.92. The zero-order chi connectivity index (χ0) is 12.3. The summed E-state index contributed by atoms with van der Waals surface area (Å²) in [5.74, 6) is 0.263. The van der Waals surface area contributed by atoms with Crippen LogP contribution in [0, 0.1) is 10.1 Å². The van der Waals surface area contributed by atoms with E-state index in [0.29, 0.717) is 11.0 Å². The van der Waals surface area contributed by atoms with Crippen LogP contribution in [0.1, 0.15) is 12.8 Å². The summed E-state index contributed by atoms with van der Waals surface area (Å²) in [5, 5.41) is 14.1. The second-order valence-electron chi connectivity index (χ2n) is 3.81. The van der Waals surface area contributed by atoms with Crippen molar-refractivity contribution in [1.29, 1.82) is 0 Å². The number of hydrogen-bond donors (Lipinski definition) is 1. The second kappa shape index (κ2) is 5.42. The van der Waals surface area contributed by atoms with Crippen LogP contribution in [-0.4, -0.2) is 29.1 Å². The smallest absolute Gasteiger partial charge is 0.330 e. The van der Waals surface area contributed by atoms with Gasteiger partial charge in [0.15, 0.2) is 0 Å². The monoisotopic (exact) mass is 301 g/mol. The van der Waals surface area contributed by atoms with Gasteiger partial charge < -0.3 is 10.1 Å². The van der Waals surface area contributed by atoms with Gasteiger partial charge in [0.2, 0.25) is 5.75 Å². The molecular formula is C10H12BrN3O3. The van der Waals surface area contributed by atoms with Crippen molar-refractivity contribution >= 4 is 21.6 Å². The van der Waals surface area contributed by atoms with E-state index in [2.05, 4.69) is 26.2 Å². The first kappa shape index (κ1) is 12.3. The minimum absolute atomic E-state index is 0.0267. The first-order valence-corrected chi connectivity index (χ1v) is 6.13. The maximum absolute atomic E-state index is 10.9. The molecule has 0 amide bonds. The molecule has 0 radical (unpaired) electrons. The lowest BCUT2D eigenvalue weighted by Crippen LogP contribution is -2.37. The Hall–Kier alpha value is -1.21. The van der Waals surface area contributed by atoms with Crippen LogP contribution < -0.4 is 10.1 Å². The molecule has 1 aliphatic rings. The predicted molar refractivity (Wildman–Crippen MR) is 65.1 cm³/mol. The van der Waals surface area contributed by atoms with Gasteiger partial charge in [-0.05, 0) is 35.3 Å². The van der Waals surface area contributed by atoms with Crippen molar-refractivity contribution in [2.75, 3.05) is 13.1 Å². The van der Waals surface area contributed by atoms with E-state index < -0.39 is 4.92 Å². The summed E-state index contributed by atoms with van der Waals surface area (Å²) in [6.07, 6.45) is 4.59. The average Bonchev–Trinajstić information content (AvgIpc) is 2.33. The Morgan fingerprint density at radius 1 is 1.59 bits per heavy atom. The Bertz CT molecular complexity index is 421. The van der Waals surface area contributed by atoms with E-state index in [0.717, 1.165) is 19.4 Å². The molecule has 7 heteroatoms. The Morgan fingerprint density at radius 2 is 2.41 bits per heavy atom. The summed E-state index contributed by atoms with van der Waals surface area (Å²) in [6.45, 7) is 1.69. The van der Waals surface area contributed by atoms with Crippen molar-refractivity contribution in [2.24, 2.45) is 0 Å². The fraction of sp³-hybridized carbons (Fsp3) is 0.500. The summed E-state index contributed by atoms with van der Waals surface area (Å²) in [4.78, 5) is 14.2. The number of ether oxygens (including phenoxy) is 1. The number of pyridine rings is 1. The van der Waals surface area contributed by atoms with Gasteiger partial charge in [-0.2, -0.15) is 0 Å². The van der Waals surface area contributed by atoms with Crippen molar-refractivity contribution < 1.29 is 9.66 Å². The number of rotatable bonds is 3. The van der Waals surface area contributed by atoms with Crippen LogP contribution in [0.2, 0.25) is 0 Å². The fourth-order valence-corrected chi connectivity index (χ4v) is 2.16. The molecule has 2 rings (SSSR count). The number of nitro groups is 1. The van der Waals surface area contributed by atoms with Gasteiger partial charge in [0.1, 0.15) is 12.3 Å². The third-order valence-corrected chi connectivity index (χ3v) is 3.13. The van der Waals surface area contributed by atoms with E-state index in [9.17, 15) is 10.1 Å². The molecule has 2 heterocycles. The predicted octanol–water partition coefficient (Wildman–Crippen LogP) is 1.88. The lowest BCUT2D eigenvalue weighted by molar-refractivity contribution is -0.386. The molecule has 0 aromatic carbocycles. The number of piperidine rings is 1. The van der Waals surface area contributed by atoms with Crippen LogP contribution >= 0.6 is 15.9 Å². The average molecular weight is 302 g/mol. The molecule has 1 saturated heterocycles. The third-order valence-electron chi connectivity index (χ3n) is 2.57. The Morgan fingerprint density at radius 3 is 3.06 bits per heavy atom. The van der Waals surface area contributed by atoms with Crippen molar-refractivity contribution in [3.05, 3.63) is 27.0 Å². The summed E-state index contributed by atoms with van der Waals surface area (Å²) in [5.41, 5.74) is -0.107. The number of hydrogen-bond acceptors (Lipinski definition) is 5. The van der Waals surface area contributed by atoms with Crippen molar-refractivity contribution in [3.63, 3.8) is 0 Å². The molecule has 92 valence electrons. The maximum Gasteiger partial charge on any atom is 0.330 e.